The van der Waals surface area contributed by atoms with Gasteiger partial charge in [-0.1, -0.05) is 6.07 Å². The molecule has 0 spiro atoms. The van der Waals surface area contributed by atoms with Crippen LogP contribution in [0.25, 0.3) is 5.95 Å². The Labute approximate surface area is 154 Å². The number of nitrogens with one attached hydrogen (secondary N) is 1. The molecular weight excluding hydrogens is 351 g/mol. The van der Waals surface area contributed by atoms with Gasteiger partial charge in [0.05, 0.1) is 13.2 Å². The molecule has 3 aromatic rings. The van der Waals surface area contributed by atoms with Crippen molar-refractivity contribution in [3.05, 3.63) is 60.6 Å². The minimum atomic E-state index is -0.445. The molecule has 8 nitrogen and oxygen atoms in total. The van der Waals surface area contributed by atoms with Gasteiger partial charge >= 0.3 is 0 Å². The smallest absolute Gasteiger partial charge is 0.274 e. The van der Waals surface area contributed by atoms with Gasteiger partial charge in [-0.05, 0) is 18.2 Å². The molecular formula is C18H17FN6O2. The molecule has 1 saturated heterocycles. The molecule has 1 aliphatic heterocycles. The van der Waals surface area contributed by atoms with Crippen molar-refractivity contribution in [2.75, 3.05) is 36.5 Å². The Morgan fingerprint density at radius 1 is 1.19 bits per heavy atom. The second kappa shape index (κ2) is 7.50. The maximum atomic E-state index is 13.4. The summed E-state index contributed by atoms with van der Waals surface area (Å²) in [6.45, 7) is 2.53. The molecule has 0 atom stereocenters. The lowest BCUT2D eigenvalue weighted by Gasteiger charge is -2.28. The van der Waals surface area contributed by atoms with Crippen molar-refractivity contribution >= 4 is 17.4 Å². The Morgan fingerprint density at radius 3 is 2.78 bits per heavy atom. The third kappa shape index (κ3) is 3.93. The Kier molecular flexibility index (Phi) is 4.75. The summed E-state index contributed by atoms with van der Waals surface area (Å²) in [5.41, 5.74) is 0.537. The maximum absolute atomic E-state index is 13.4. The Balaban J connectivity index is 1.67. The van der Waals surface area contributed by atoms with E-state index in [0.29, 0.717) is 43.8 Å². The standard InChI is InChI=1S/C18H17FN6O2/c19-13-2-1-3-14(10-13)21-17(26)15-11-16(24-6-8-27-9-7-24)23-18(22-15)25-5-4-20-12-25/h1-5,10-12H,6-9H2,(H,21,26). The highest BCUT2D eigenvalue weighted by molar-refractivity contribution is 6.03. The summed E-state index contributed by atoms with van der Waals surface area (Å²) in [6.07, 6.45) is 4.87. The number of carbonyl (C=O) groups is 1. The number of rotatable bonds is 4. The Bertz CT molecular complexity index is 941. The van der Waals surface area contributed by atoms with Crippen LogP contribution in [0, 0.1) is 5.82 Å². The molecule has 0 aliphatic carbocycles. The number of nitrogens with zero attached hydrogens (tertiary/aromatic N) is 5. The second-order valence-corrected chi connectivity index (χ2v) is 5.95. The minimum absolute atomic E-state index is 0.180. The lowest BCUT2D eigenvalue weighted by atomic mass is 10.3. The fourth-order valence-corrected chi connectivity index (χ4v) is 2.75. The summed E-state index contributed by atoms with van der Waals surface area (Å²) in [6, 6.07) is 7.33. The van der Waals surface area contributed by atoms with Crippen LogP contribution in [0.15, 0.2) is 49.1 Å². The van der Waals surface area contributed by atoms with Gasteiger partial charge < -0.3 is 15.0 Å². The van der Waals surface area contributed by atoms with E-state index in [9.17, 15) is 9.18 Å². The number of hydrogen-bond donors (Lipinski definition) is 1. The molecule has 0 bridgehead atoms. The van der Waals surface area contributed by atoms with Crippen LogP contribution < -0.4 is 10.2 Å². The van der Waals surface area contributed by atoms with Crippen LogP contribution in [0.3, 0.4) is 0 Å². The molecule has 27 heavy (non-hydrogen) atoms. The number of amides is 1. The SMILES string of the molecule is O=C(Nc1cccc(F)c1)c1cc(N2CCOCC2)nc(-n2ccnc2)n1. The van der Waals surface area contributed by atoms with Crippen LogP contribution in [0.5, 0.6) is 0 Å². The lowest BCUT2D eigenvalue weighted by Crippen LogP contribution is -2.37. The van der Waals surface area contributed by atoms with E-state index < -0.39 is 11.7 Å². The number of halogens is 1. The van der Waals surface area contributed by atoms with Crippen molar-refractivity contribution in [3.63, 3.8) is 0 Å². The third-order valence-electron chi connectivity index (χ3n) is 4.09. The van der Waals surface area contributed by atoms with Gasteiger partial charge in [0.1, 0.15) is 23.7 Å². The van der Waals surface area contributed by atoms with Crippen LogP contribution in [0.2, 0.25) is 0 Å². The maximum Gasteiger partial charge on any atom is 0.274 e. The van der Waals surface area contributed by atoms with Crippen LogP contribution >= 0.6 is 0 Å². The molecule has 0 radical (unpaired) electrons. The van der Waals surface area contributed by atoms with Crippen molar-refractivity contribution < 1.29 is 13.9 Å². The van der Waals surface area contributed by atoms with Gasteiger partial charge in [0.25, 0.3) is 5.91 Å². The first-order valence-corrected chi connectivity index (χ1v) is 8.46. The predicted octanol–water partition coefficient (Wildman–Crippen LogP) is 1.89. The normalized spacial score (nSPS) is 14.2. The summed E-state index contributed by atoms with van der Waals surface area (Å²) < 4.78 is 20.4. The fraction of sp³-hybridized carbons (Fsp3) is 0.222. The van der Waals surface area contributed by atoms with Crippen molar-refractivity contribution in [1.29, 1.82) is 0 Å². The molecule has 1 aromatic carbocycles. The van der Waals surface area contributed by atoms with E-state index in [2.05, 4.69) is 20.3 Å². The van der Waals surface area contributed by atoms with Crippen LogP contribution in [-0.4, -0.2) is 51.7 Å². The van der Waals surface area contributed by atoms with Gasteiger partial charge in [0.2, 0.25) is 5.95 Å². The molecule has 1 amide bonds. The molecule has 1 aliphatic rings. The number of morpholine rings is 1. The number of ether oxygens (including phenoxy) is 1. The molecule has 4 rings (SSSR count). The average Bonchev–Trinajstić information content (AvgIpc) is 3.23. The number of imidazole rings is 1. The van der Waals surface area contributed by atoms with Gasteiger partial charge in [0.15, 0.2) is 0 Å². The molecule has 9 heteroatoms. The molecule has 2 aromatic heterocycles. The van der Waals surface area contributed by atoms with Crippen molar-refractivity contribution in [3.8, 4) is 5.95 Å². The van der Waals surface area contributed by atoms with E-state index in [1.165, 1.54) is 18.2 Å². The second-order valence-electron chi connectivity index (χ2n) is 5.95. The third-order valence-corrected chi connectivity index (χ3v) is 4.09. The summed E-state index contributed by atoms with van der Waals surface area (Å²) >= 11 is 0. The van der Waals surface area contributed by atoms with E-state index in [1.54, 1.807) is 35.4 Å². The molecule has 3 heterocycles. The number of hydrogen-bond acceptors (Lipinski definition) is 6. The predicted molar refractivity (Wildman–Crippen MR) is 96.5 cm³/mol. The summed E-state index contributed by atoms with van der Waals surface area (Å²) in [5, 5.41) is 2.66. The van der Waals surface area contributed by atoms with Crippen molar-refractivity contribution in [2.24, 2.45) is 0 Å². The van der Waals surface area contributed by atoms with E-state index in [1.807, 2.05) is 4.90 Å². The minimum Gasteiger partial charge on any atom is -0.378 e. The largest absolute Gasteiger partial charge is 0.378 e. The van der Waals surface area contributed by atoms with Crippen LogP contribution in [-0.2, 0) is 4.74 Å². The highest BCUT2D eigenvalue weighted by atomic mass is 19.1. The van der Waals surface area contributed by atoms with Gasteiger partial charge in [-0.15, -0.1) is 0 Å². The average molecular weight is 368 g/mol. The number of anilines is 2. The molecule has 1 N–H and O–H groups in total. The number of aromatic nitrogens is 4. The highest BCUT2D eigenvalue weighted by Gasteiger charge is 2.18. The van der Waals surface area contributed by atoms with E-state index in [4.69, 9.17) is 4.74 Å². The van der Waals surface area contributed by atoms with E-state index in [-0.39, 0.29) is 5.69 Å². The van der Waals surface area contributed by atoms with E-state index in [0.717, 1.165) is 0 Å². The Morgan fingerprint density at radius 2 is 2.04 bits per heavy atom. The van der Waals surface area contributed by atoms with Crippen molar-refractivity contribution in [2.45, 2.75) is 0 Å². The molecule has 0 saturated carbocycles. The zero-order chi connectivity index (χ0) is 18.6. The van der Waals surface area contributed by atoms with Gasteiger partial charge in [-0.3, -0.25) is 9.36 Å². The first-order chi connectivity index (χ1) is 13.2. The zero-order valence-corrected chi connectivity index (χ0v) is 14.4. The quantitative estimate of drug-likeness (QED) is 0.757. The van der Waals surface area contributed by atoms with Crippen LogP contribution in [0.4, 0.5) is 15.9 Å². The molecule has 138 valence electrons. The monoisotopic (exact) mass is 368 g/mol. The summed E-state index contributed by atoms with van der Waals surface area (Å²) in [4.78, 5) is 27.6. The lowest BCUT2D eigenvalue weighted by molar-refractivity contribution is 0.102. The number of benzene rings is 1. The Hall–Kier alpha value is -3.33. The summed E-state index contributed by atoms with van der Waals surface area (Å²) in [5.74, 6) is 0.0877. The van der Waals surface area contributed by atoms with Crippen molar-refractivity contribution in [1.82, 2.24) is 19.5 Å². The first-order valence-electron chi connectivity index (χ1n) is 8.46. The zero-order valence-electron chi connectivity index (χ0n) is 14.4. The highest BCUT2D eigenvalue weighted by Crippen LogP contribution is 2.18. The van der Waals surface area contributed by atoms with E-state index >= 15 is 0 Å². The fourth-order valence-electron chi connectivity index (χ4n) is 2.75. The van der Waals surface area contributed by atoms with Crippen LogP contribution in [0.1, 0.15) is 10.5 Å². The van der Waals surface area contributed by atoms with Gasteiger partial charge in [0, 0.05) is 37.2 Å². The molecule has 0 unspecified atom stereocenters. The van der Waals surface area contributed by atoms with Gasteiger partial charge in [-0.25, -0.2) is 14.4 Å². The van der Waals surface area contributed by atoms with Gasteiger partial charge in [-0.2, -0.15) is 4.98 Å². The first kappa shape index (κ1) is 17.1. The summed E-state index contributed by atoms with van der Waals surface area (Å²) in [7, 11) is 0. The number of carbonyl (C=O) groups excluding carboxylic acids is 1. The molecule has 1 fully saturated rings. The topological polar surface area (TPSA) is 85.2 Å².